The zero-order valence-electron chi connectivity index (χ0n) is 12.2. The molecule has 21 heavy (non-hydrogen) atoms. The van der Waals surface area contributed by atoms with E-state index in [9.17, 15) is 4.79 Å². The number of carbonyl (C=O) groups excluding carboxylic acids is 1. The highest BCUT2D eigenvalue weighted by atomic mass is 16.5. The summed E-state index contributed by atoms with van der Waals surface area (Å²) in [6, 6.07) is 7.23. The van der Waals surface area contributed by atoms with Crippen LogP contribution in [-0.4, -0.2) is 41.0 Å². The molecular weight excluding hydrogens is 270 g/mol. The van der Waals surface area contributed by atoms with E-state index in [0.29, 0.717) is 17.4 Å². The molecule has 1 aromatic rings. The van der Waals surface area contributed by atoms with Crippen LogP contribution in [0.1, 0.15) is 31.7 Å². The summed E-state index contributed by atoms with van der Waals surface area (Å²) in [6.07, 6.45) is 3.07. The summed E-state index contributed by atoms with van der Waals surface area (Å²) in [4.78, 5) is 14.1. The smallest absolute Gasteiger partial charge is 0.260 e. The fourth-order valence-electron chi connectivity index (χ4n) is 2.67. The lowest BCUT2D eigenvalue weighted by Crippen LogP contribution is -2.38. The largest absolute Gasteiger partial charge is 0.483 e. The minimum absolute atomic E-state index is 0.0198. The van der Waals surface area contributed by atoms with Crippen LogP contribution in [0.15, 0.2) is 29.4 Å². The topological polar surface area (TPSA) is 88.2 Å². The summed E-state index contributed by atoms with van der Waals surface area (Å²) in [6.45, 7) is 2.85. The molecular formula is C15H21N3O3. The first-order chi connectivity index (χ1) is 10.2. The van der Waals surface area contributed by atoms with Crippen molar-refractivity contribution in [1.29, 1.82) is 0 Å². The third kappa shape index (κ3) is 3.45. The molecule has 114 valence electrons. The van der Waals surface area contributed by atoms with Crippen LogP contribution in [-0.2, 0) is 4.79 Å². The lowest BCUT2D eigenvalue weighted by Gasteiger charge is -2.23. The fraction of sp³-hybridized carbons (Fsp3) is 0.467. The summed E-state index contributed by atoms with van der Waals surface area (Å²) >= 11 is 0. The van der Waals surface area contributed by atoms with Gasteiger partial charge in [-0.3, -0.25) is 4.79 Å². The number of amides is 1. The number of likely N-dealkylation sites (tertiary alicyclic amines) is 1. The summed E-state index contributed by atoms with van der Waals surface area (Å²) in [7, 11) is 0. The normalized spacial score (nSPS) is 18.8. The highest BCUT2D eigenvalue weighted by Gasteiger charge is 2.27. The molecule has 1 aliphatic heterocycles. The van der Waals surface area contributed by atoms with Gasteiger partial charge in [-0.15, -0.1) is 0 Å². The Morgan fingerprint density at radius 2 is 2.29 bits per heavy atom. The monoisotopic (exact) mass is 291 g/mol. The van der Waals surface area contributed by atoms with Gasteiger partial charge < -0.3 is 20.6 Å². The number of oxime groups is 1. The molecule has 1 saturated heterocycles. The Balaban J connectivity index is 2.02. The highest BCUT2D eigenvalue weighted by Crippen LogP contribution is 2.21. The van der Waals surface area contributed by atoms with Gasteiger partial charge >= 0.3 is 0 Å². The maximum atomic E-state index is 12.2. The summed E-state index contributed by atoms with van der Waals surface area (Å²) < 4.78 is 5.56. The Labute approximate surface area is 124 Å². The van der Waals surface area contributed by atoms with Crippen molar-refractivity contribution in [2.75, 3.05) is 13.2 Å². The Morgan fingerprint density at radius 3 is 3.00 bits per heavy atom. The van der Waals surface area contributed by atoms with E-state index in [1.165, 1.54) is 0 Å². The molecule has 0 spiro atoms. The number of benzene rings is 1. The van der Waals surface area contributed by atoms with Crippen molar-refractivity contribution in [3.8, 4) is 5.75 Å². The van der Waals surface area contributed by atoms with Gasteiger partial charge in [-0.05, 0) is 31.4 Å². The van der Waals surface area contributed by atoms with Crippen LogP contribution in [0.3, 0.4) is 0 Å². The number of amidine groups is 1. The molecule has 1 heterocycles. The SMILES string of the molecule is CCC1CCCN1C(=O)COc1ccccc1/C(N)=N/O. The van der Waals surface area contributed by atoms with Crippen molar-refractivity contribution in [2.24, 2.45) is 10.9 Å². The number of hydrogen-bond acceptors (Lipinski definition) is 4. The maximum Gasteiger partial charge on any atom is 0.260 e. The molecule has 1 atom stereocenters. The van der Waals surface area contributed by atoms with Gasteiger partial charge in [0.15, 0.2) is 12.4 Å². The van der Waals surface area contributed by atoms with Crippen LogP contribution in [0.4, 0.5) is 0 Å². The molecule has 3 N–H and O–H groups in total. The van der Waals surface area contributed by atoms with E-state index < -0.39 is 0 Å². The van der Waals surface area contributed by atoms with E-state index in [2.05, 4.69) is 12.1 Å². The van der Waals surface area contributed by atoms with Gasteiger partial charge in [-0.2, -0.15) is 0 Å². The minimum Gasteiger partial charge on any atom is -0.483 e. The molecule has 1 aliphatic rings. The van der Waals surface area contributed by atoms with Gasteiger partial charge in [0.2, 0.25) is 0 Å². The predicted molar refractivity (Wildman–Crippen MR) is 79.5 cm³/mol. The van der Waals surface area contributed by atoms with Crippen molar-refractivity contribution in [2.45, 2.75) is 32.2 Å². The van der Waals surface area contributed by atoms with Crippen LogP contribution in [0.5, 0.6) is 5.75 Å². The summed E-state index contributed by atoms with van der Waals surface area (Å²) in [5.74, 6) is 0.382. The third-order valence-electron chi connectivity index (χ3n) is 3.79. The van der Waals surface area contributed by atoms with Gasteiger partial charge in [-0.25, -0.2) is 0 Å². The van der Waals surface area contributed by atoms with Gasteiger partial charge in [0, 0.05) is 12.6 Å². The molecule has 0 aliphatic carbocycles. The lowest BCUT2D eigenvalue weighted by molar-refractivity contribution is -0.134. The van der Waals surface area contributed by atoms with Crippen molar-refractivity contribution in [1.82, 2.24) is 4.90 Å². The summed E-state index contributed by atoms with van der Waals surface area (Å²) in [5.41, 5.74) is 6.07. The fourth-order valence-corrected chi connectivity index (χ4v) is 2.67. The molecule has 1 fully saturated rings. The molecule has 6 heteroatoms. The van der Waals surface area contributed by atoms with E-state index in [1.54, 1.807) is 24.3 Å². The van der Waals surface area contributed by atoms with Gasteiger partial charge in [-0.1, -0.05) is 24.2 Å². The number of para-hydroxylation sites is 1. The van der Waals surface area contributed by atoms with Crippen molar-refractivity contribution >= 4 is 11.7 Å². The van der Waals surface area contributed by atoms with Gasteiger partial charge in [0.05, 0.1) is 5.56 Å². The van der Waals surface area contributed by atoms with Crippen LogP contribution >= 0.6 is 0 Å². The van der Waals surface area contributed by atoms with Crippen LogP contribution in [0.2, 0.25) is 0 Å². The Kier molecular flexibility index (Phi) is 5.03. The number of carbonyl (C=O) groups is 1. The Hall–Kier alpha value is -2.24. The van der Waals surface area contributed by atoms with E-state index in [4.69, 9.17) is 15.7 Å². The first-order valence-corrected chi connectivity index (χ1v) is 7.16. The minimum atomic E-state index is -0.0364. The first-order valence-electron chi connectivity index (χ1n) is 7.16. The lowest BCUT2D eigenvalue weighted by atomic mass is 10.2. The van der Waals surface area contributed by atoms with Crippen molar-refractivity contribution < 1.29 is 14.7 Å². The number of hydrogen-bond donors (Lipinski definition) is 2. The average Bonchev–Trinajstić information content (AvgIpc) is 3.00. The molecule has 0 aromatic heterocycles. The van der Waals surface area contributed by atoms with Crippen LogP contribution < -0.4 is 10.5 Å². The second-order valence-corrected chi connectivity index (χ2v) is 5.06. The summed E-state index contributed by atoms with van der Waals surface area (Å²) in [5, 5.41) is 11.7. The Morgan fingerprint density at radius 1 is 1.52 bits per heavy atom. The van der Waals surface area contributed by atoms with Gasteiger partial charge in [0.25, 0.3) is 5.91 Å². The number of nitrogens with zero attached hydrogens (tertiary/aromatic N) is 2. The average molecular weight is 291 g/mol. The van der Waals surface area contributed by atoms with Gasteiger partial charge in [0.1, 0.15) is 5.75 Å². The van der Waals surface area contributed by atoms with Crippen molar-refractivity contribution in [3.63, 3.8) is 0 Å². The first kappa shape index (κ1) is 15.2. The highest BCUT2D eigenvalue weighted by molar-refractivity contribution is 5.99. The van der Waals surface area contributed by atoms with Crippen LogP contribution in [0.25, 0.3) is 0 Å². The zero-order chi connectivity index (χ0) is 15.2. The molecule has 1 unspecified atom stereocenters. The van der Waals surface area contributed by atoms with E-state index in [0.717, 1.165) is 25.8 Å². The van der Waals surface area contributed by atoms with E-state index >= 15 is 0 Å². The number of ether oxygens (including phenoxy) is 1. The standard InChI is InChI=1S/C15H21N3O3/c1-2-11-6-5-9-18(11)14(19)10-21-13-8-4-3-7-12(13)15(16)17-20/h3-4,7-8,11,20H,2,5-6,9-10H2,1H3,(H2,16,17). The van der Waals surface area contributed by atoms with Crippen LogP contribution in [0, 0.1) is 0 Å². The molecule has 1 aromatic carbocycles. The van der Waals surface area contributed by atoms with E-state index in [-0.39, 0.29) is 18.3 Å². The molecule has 6 nitrogen and oxygen atoms in total. The second kappa shape index (κ2) is 6.97. The molecule has 1 amide bonds. The number of nitrogens with two attached hydrogens (primary N) is 1. The third-order valence-corrected chi connectivity index (χ3v) is 3.79. The number of rotatable bonds is 5. The molecule has 2 rings (SSSR count). The Bertz CT molecular complexity index is 531. The zero-order valence-corrected chi connectivity index (χ0v) is 12.2. The second-order valence-electron chi connectivity index (χ2n) is 5.06. The molecule has 0 bridgehead atoms. The quantitative estimate of drug-likeness (QED) is 0.373. The maximum absolute atomic E-state index is 12.2. The predicted octanol–water partition coefficient (Wildman–Crippen LogP) is 1.56. The van der Waals surface area contributed by atoms with E-state index in [1.807, 2.05) is 4.90 Å². The molecule has 0 saturated carbocycles. The van der Waals surface area contributed by atoms with Crippen molar-refractivity contribution in [3.05, 3.63) is 29.8 Å². The molecule has 0 radical (unpaired) electrons.